The molecule has 0 aliphatic heterocycles. The molecule has 1 nitrogen and oxygen atoms in total. The van der Waals surface area contributed by atoms with Crippen LogP contribution in [0.1, 0.15) is 47.2 Å². The summed E-state index contributed by atoms with van der Waals surface area (Å²) in [5, 5.41) is 7.82. The molecule has 1 atom stereocenters. The number of rotatable bonds is 3. The van der Waals surface area contributed by atoms with E-state index in [-0.39, 0.29) is 5.41 Å². The molecule has 59 heavy (non-hydrogen) atoms. The highest BCUT2D eigenvalue weighted by Crippen LogP contribution is 2.64. The van der Waals surface area contributed by atoms with Crippen molar-refractivity contribution in [2.24, 2.45) is 0 Å². The van der Waals surface area contributed by atoms with E-state index in [9.17, 15) is 0 Å². The fraction of sp³-hybridized carbons (Fsp3) is 0.0690. The minimum Gasteiger partial charge on any atom is -0.310 e. The van der Waals surface area contributed by atoms with E-state index < -0.39 is 5.41 Å². The van der Waals surface area contributed by atoms with Crippen LogP contribution in [-0.2, 0) is 10.8 Å². The summed E-state index contributed by atoms with van der Waals surface area (Å²) < 4.78 is 0. The third-order valence-electron chi connectivity index (χ3n) is 14.0. The summed E-state index contributed by atoms with van der Waals surface area (Å²) >= 11 is 0. The van der Waals surface area contributed by atoms with Crippen molar-refractivity contribution < 1.29 is 0 Å². The molecule has 0 N–H and O–H groups in total. The van der Waals surface area contributed by atoms with Crippen LogP contribution in [0.25, 0.3) is 65.7 Å². The SMILES string of the molecule is CC1(C)c2ccccc2-c2ccc(N(c3ccccc3)c3ccc4c(c3)C3(c5ccccc5-4)c4ccccc4-c4cc5c6ccccc6c6ccccc6c5cc43)cc21. The fourth-order valence-electron chi connectivity index (χ4n) is 11.5. The van der Waals surface area contributed by atoms with Crippen molar-refractivity contribution >= 4 is 49.4 Å². The normalized spacial score (nSPS) is 16.2. The van der Waals surface area contributed by atoms with Gasteiger partial charge in [-0.15, -0.1) is 0 Å². The molecule has 0 radical (unpaired) electrons. The van der Waals surface area contributed by atoms with Gasteiger partial charge in [0.25, 0.3) is 0 Å². The maximum Gasteiger partial charge on any atom is 0.0726 e. The molecule has 0 fully saturated rings. The zero-order chi connectivity index (χ0) is 39.0. The molecule has 0 heterocycles. The number of para-hydroxylation sites is 1. The average molecular weight is 750 g/mol. The van der Waals surface area contributed by atoms with Crippen LogP contribution in [0.15, 0.2) is 200 Å². The zero-order valence-electron chi connectivity index (χ0n) is 33.0. The van der Waals surface area contributed by atoms with Gasteiger partial charge in [-0.05, 0) is 148 Å². The third kappa shape index (κ3) is 4.19. The van der Waals surface area contributed by atoms with Crippen LogP contribution < -0.4 is 4.90 Å². The van der Waals surface area contributed by atoms with E-state index in [1.807, 2.05) is 0 Å². The highest BCUT2D eigenvalue weighted by molar-refractivity contribution is 6.26. The van der Waals surface area contributed by atoms with Crippen LogP contribution in [0.5, 0.6) is 0 Å². The van der Waals surface area contributed by atoms with E-state index in [4.69, 9.17) is 0 Å². The Kier molecular flexibility index (Phi) is 6.50. The Bertz CT molecular complexity index is 3430. The minimum absolute atomic E-state index is 0.108. The Morgan fingerprint density at radius 2 is 0.678 bits per heavy atom. The van der Waals surface area contributed by atoms with Crippen molar-refractivity contribution in [2.45, 2.75) is 24.7 Å². The quantitative estimate of drug-likeness (QED) is 0.163. The number of hydrogen-bond acceptors (Lipinski definition) is 1. The van der Waals surface area contributed by atoms with E-state index in [0.717, 1.165) is 17.1 Å². The van der Waals surface area contributed by atoms with Gasteiger partial charge in [0.15, 0.2) is 0 Å². The maximum atomic E-state index is 2.56. The molecule has 0 saturated carbocycles. The summed E-state index contributed by atoms with van der Waals surface area (Å²) in [4.78, 5) is 2.47. The molecule has 0 amide bonds. The lowest BCUT2D eigenvalue weighted by atomic mass is 9.70. The first-order chi connectivity index (χ1) is 29.0. The fourth-order valence-corrected chi connectivity index (χ4v) is 11.5. The second kappa shape index (κ2) is 11.7. The van der Waals surface area contributed by atoms with Gasteiger partial charge >= 0.3 is 0 Å². The molecule has 3 aliphatic rings. The molecule has 3 aliphatic carbocycles. The molecule has 10 aromatic rings. The Labute approximate surface area is 344 Å². The maximum absolute atomic E-state index is 2.56. The smallest absolute Gasteiger partial charge is 0.0726 e. The van der Waals surface area contributed by atoms with Gasteiger partial charge in [0.05, 0.1) is 5.41 Å². The van der Waals surface area contributed by atoms with E-state index >= 15 is 0 Å². The van der Waals surface area contributed by atoms with Crippen LogP contribution in [0.3, 0.4) is 0 Å². The number of nitrogens with zero attached hydrogens (tertiary/aromatic N) is 1. The Morgan fingerprint density at radius 1 is 0.271 bits per heavy atom. The molecular formula is C58H39N. The molecule has 0 bridgehead atoms. The second-order valence-corrected chi connectivity index (χ2v) is 17.2. The predicted octanol–water partition coefficient (Wildman–Crippen LogP) is 15.3. The summed E-state index contributed by atoms with van der Waals surface area (Å²) in [5.41, 5.74) is 18.9. The molecule has 0 aromatic heterocycles. The van der Waals surface area contributed by atoms with Crippen LogP contribution in [0.2, 0.25) is 0 Å². The van der Waals surface area contributed by atoms with Crippen molar-refractivity contribution in [2.75, 3.05) is 4.90 Å². The Hall–Kier alpha value is -7.22. The van der Waals surface area contributed by atoms with Gasteiger partial charge in [0.2, 0.25) is 0 Å². The van der Waals surface area contributed by atoms with Crippen LogP contribution in [-0.4, -0.2) is 0 Å². The molecule has 1 heteroatoms. The summed E-state index contributed by atoms with van der Waals surface area (Å²) in [5.74, 6) is 0. The molecule has 276 valence electrons. The molecule has 1 spiro atoms. The van der Waals surface area contributed by atoms with Gasteiger partial charge in [-0.1, -0.05) is 166 Å². The van der Waals surface area contributed by atoms with Gasteiger partial charge < -0.3 is 4.90 Å². The largest absolute Gasteiger partial charge is 0.310 e. The standard InChI is InChI=1S/C58H39N/c1-57(2)51-25-13-10-22-43(51)46-30-28-37(32-54(46)57)59(36-16-4-3-5-17-36)38-29-31-47-44-23-11-14-26-52(44)58(55(47)33-38)53-27-15-12-24-45(53)50-34-48-41-20-8-6-18-39(41)40-19-7-9-21-42(40)49(48)35-56(50)58/h3-35H,1-2H3. The zero-order valence-corrected chi connectivity index (χ0v) is 33.0. The van der Waals surface area contributed by atoms with Crippen molar-refractivity contribution in [3.05, 3.63) is 234 Å². The van der Waals surface area contributed by atoms with Crippen LogP contribution >= 0.6 is 0 Å². The van der Waals surface area contributed by atoms with Crippen LogP contribution in [0.4, 0.5) is 17.1 Å². The summed E-state index contributed by atoms with van der Waals surface area (Å²) in [7, 11) is 0. The highest BCUT2D eigenvalue weighted by Gasteiger charge is 2.52. The minimum atomic E-state index is -0.501. The van der Waals surface area contributed by atoms with Gasteiger partial charge in [-0.25, -0.2) is 0 Å². The lowest BCUT2D eigenvalue weighted by Gasteiger charge is -2.33. The summed E-state index contributed by atoms with van der Waals surface area (Å²) in [6.45, 7) is 4.74. The molecule has 0 saturated heterocycles. The van der Waals surface area contributed by atoms with Gasteiger partial charge in [-0.2, -0.15) is 0 Å². The Morgan fingerprint density at radius 3 is 1.29 bits per heavy atom. The van der Waals surface area contributed by atoms with E-state index in [2.05, 4.69) is 219 Å². The third-order valence-corrected chi connectivity index (χ3v) is 14.0. The first kappa shape index (κ1) is 32.8. The lowest BCUT2D eigenvalue weighted by Crippen LogP contribution is -2.26. The summed E-state index contributed by atoms with van der Waals surface area (Å²) in [6.07, 6.45) is 0. The van der Waals surface area contributed by atoms with Gasteiger partial charge in [-0.3, -0.25) is 0 Å². The molecule has 13 rings (SSSR count). The second-order valence-electron chi connectivity index (χ2n) is 17.2. The van der Waals surface area contributed by atoms with E-state index in [0.29, 0.717) is 0 Å². The predicted molar refractivity (Wildman–Crippen MR) is 248 cm³/mol. The van der Waals surface area contributed by atoms with Crippen LogP contribution in [0, 0.1) is 0 Å². The number of benzene rings is 10. The lowest BCUT2D eigenvalue weighted by molar-refractivity contribution is 0.660. The van der Waals surface area contributed by atoms with Crippen molar-refractivity contribution in [1.29, 1.82) is 0 Å². The molecular weight excluding hydrogens is 711 g/mol. The average Bonchev–Trinajstić information content (AvgIpc) is 3.84. The number of anilines is 3. The number of fused-ring (bicyclic) bond motifs is 19. The Balaban J connectivity index is 1.10. The topological polar surface area (TPSA) is 3.24 Å². The summed E-state index contributed by atoms with van der Waals surface area (Å²) in [6, 6.07) is 75.5. The van der Waals surface area contributed by atoms with Gasteiger partial charge in [0.1, 0.15) is 0 Å². The van der Waals surface area contributed by atoms with E-state index in [1.165, 1.54) is 99.1 Å². The molecule has 1 unspecified atom stereocenters. The number of hydrogen-bond donors (Lipinski definition) is 0. The molecule has 10 aromatic carbocycles. The first-order valence-electron chi connectivity index (χ1n) is 20.8. The van der Waals surface area contributed by atoms with Crippen molar-refractivity contribution in [3.8, 4) is 33.4 Å². The van der Waals surface area contributed by atoms with Crippen molar-refractivity contribution in [1.82, 2.24) is 0 Å². The van der Waals surface area contributed by atoms with E-state index in [1.54, 1.807) is 0 Å². The van der Waals surface area contributed by atoms with Gasteiger partial charge in [0, 0.05) is 22.5 Å². The van der Waals surface area contributed by atoms with Crippen molar-refractivity contribution in [3.63, 3.8) is 0 Å². The monoisotopic (exact) mass is 749 g/mol. The highest BCUT2D eigenvalue weighted by atomic mass is 15.1. The first-order valence-corrected chi connectivity index (χ1v) is 20.8.